The van der Waals surface area contributed by atoms with Crippen molar-refractivity contribution < 1.29 is 27.3 Å². The number of nitrogens with zero attached hydrogens (tertiary/aromatic N) is 1. The molecule has 12 heavy (non-hydrogen) atoms. The van der Waals surface area contributed by atoms with Crippen LogP contribution in [0.3, 0.4) is 0 Å². The normalized spacial score (nSPS) is 13.1. The molecule has 0 saturated carbocycles. The number of hydrogen-bond donors (Lipinski definition) is 0. The van der Waals surface area contributed by atoms with E-state index in [0.29, 0.717) is 0 Å². The zero-order valence-corrected chi connectivity index (χ0v) is 6.89. The van der Waals surface area contributed by atoms with E-state index < -0.39 is 30.4 Å². The minimum atomic E-state index is -4.95. The van der Waals surface area contributed by atoms with Gasteiger partial charge >= 0.3 is 6.98 Å². The fraction of sp³-hybridized carbons (Fsp3) is 0.800. The second kappa shape index (κ2) is 3.34. The molecule has 0 heterocycles. The lowest BCUT2D eigenvalue weighted by Gasteiger charge is -2.34. The van der Waals surface area contributed by atoms with E-state index in [0.717, 1.165) is 0 Å². The highest BCUT2D eigenvalue weighted by atomic mass is 19.4. The summed E-state index contributed by atoms with van der Waals surface area (Å²) in [7, 11) is 2.40. The summed E-state index contributed by atoms with van der Waals surface area (Å²) in [5.41, 5.74) is 0. The van der Waals surface area contributed by atoms with Crippen molar-refractivity contribution in [2.75, 3.05) is 27.1 Å². The average Bonchev–Trinajstić information content (AvgIpc) is 1.48. The Hall–Kier alpha value is -0.715. The second-order valence-electron chi connectivity index (χ2n) is 3.36. The Balaban J connectivity index is 4.13. The van der Waals surface area contributed by atoms with E-state index in [1.165, 1.54) is 14.1 Å². The third-order valence-electron chi connectivity index (χ3n) is 1.26. The number of carbonyl (C=O) groups excluding carboxylic acids is 1. The highest BCUT2D eigenvalue weighted by molar-refractivity contribution is 6.58. The zero-order chi connectivity index (χ0) is 9.99. The Kier molecular flexibility index (Phi) is 3.14. The molecule has 0 radical (unpaired) electrons. The Bertz CT molecular complexity index is 180. The molecule has 0 aromatic heterocycles. The van der Waals surface area contributed by atoms with E-state index in [4.69, 9.17) is 0 Å². The van der Waals surface area contributed by atoms with E-state index in [1.807, 2.05) is 0 Å². The standard InChI is InChI=1S/C5H11BF3NO2/c1-10(2,3-5(11)12)4-6(7,8)9/h3-4H2,1-2H3,(H,11,12)/p-1. The number of aliphatic carboxylic acids is 1. The minimum Gasteiger partial charge on any atom is -0.544 e. The molecule has 0 aliphatic heterocycles. The van der Waals surface area contributed by atoms with Crippen molar-refractivity contribution in [2.45, 2.75) is 0 Å². The summed E-state index contributed by atoms with van der Waals surface area (Å²) >= 11 is 0. The van der Waals surface area contributed by atoms with Gasteiger partial charge in [-0.1, -0.05) is 0 Å². The van der Waals surface area contributed by atoms with Crippen molar-refractivity contribution in [3.05, 3.63) is 0 Å². The van der Waals surface area contributed by atoms with Crippen LogP contribution < -0.4 is 5.11 Å². The number of rotatable bonds is 4. The smallest absolute Gasteiger partial charge is 0.531 e. The topological polar surface area (TPSA) is 40.1 Å². The first kappa shape index (κ1) is 11.3. The lowest BCUT2D eigenvalue weighted by molar-refractivity contribution is -0.876. The van der Waals surface area contributed by atoms with E-state index in [9.17, 15) is 22.8 Å². The van der Waals surface area contributed by atoms with E-state index in [1.54, 1.807) is 0 Å². The number of quaternary nitrogens is 1. The van der Waals surface area contributed by atoms with Gasteiger partial charge in [0.25, 0.3) is 0 Å². The number of likely N-dealkylation sites (N-methyl/N-ethyl adjacent to an activating group) is 1. The highest BCUT2D eigenvalue weighted by Gasteiger charge is 2.33. The molecule has 0 unspecified atom stereocenters. The number of carbonyl (C=O) groups is 1. The quantitative estimate of drug-likeness (QED) is 0.423. The molecular formula is C5H10BF3NO2-. The highest BCUT2D eigenvalue weighted by Crippen LogP contribution is 2.12. The lowest BCUT2D eigenvalue weighted by atomic mass is 9.90. The van der Waals surface area contributed by atoms with Crippen LogP contribution in [-0.4, -0.2) is 44.5 Å². The van der Waals surface area contributed by atoms with Crippen LogP contribution >= 0.6 is 0 Å². The fourth-order valence-corrected chi connectivity index (χ4v) is 0.974. The predicted octanol–water partition coefficient (Wildman–Crippen LogP) is -0.801. The van der Waals surface area contributed by atoms with Gasteiger partial charge in [0.2, 0.25) is 0 Å². The van der Waals surface area contributed by atoms with Crippen LogP contribution in [0.2, 0.25) is 0 Å². The van der Waals surface area contributed by atoms with Crippen LogP contribution in [0.4, 0.5) is 12.9 Å². The molecule has 0 aliphatic rings. The molecule has 0 atom stereocenters. The second-order valence-corrected chi connectivity index (χ2v) is 3.36. The summed E-state index contributed by atoms with van der Waals surface area (Å²) in [5, 5.41) is 10.0. The third-order valence-corrected chi connectivity index (χ3v) is 1.26. The summed E-state index contributed by atoms with van der Waals surface area (Å²) in [6.07, 6.45) is -1.10. The molecule has 0 N–H and O–H groups in total. The monoisotopic (exact) mass is 184 g/mol. The van der Waals surface area contributed by atoms with E-state index in [2.05, 4.69) is 0 Å². The molecule has 72 valence electrons. The Morgan fingerprint density at radius 1 is 1.42 bits per heavy atom. The summed E-state index contributed by atoms with van der Waals surface area (Å²) < 4.78 is 34.9. The Morgan fingerprint density at radius 3 is 2.08 bits per heavy atom. The summed E-state index contributed by atoms with van der Waals surface area (Å²) in [6.45, 7) is -5.57. The predicted molar refractivity (Wildman–Crippen MR) is 35.9 cm³/mol. The van der Waals surface area contributed by atoms with Gasteiger partial charge in [-0.3, -0.25) is 0 Å². The molecule has 0 aliphatic carbocycles. The van der Waals surface area contributed by atoms with Crippen LogP contribution in [0.25, 0.3) is 0 Å². The summed E-state index contributed by atoms with van der Waals surface area (Å²) in [6, 6.07) is 0. The maximum absolute atomic E-state index is 11.8. The largest absolute Gasteiger partial charge is 0.544 e. The zero-order valence-electron chi connectivity index (χ0n) is 6.89. The van der Waals surface area contributed by atoms with Crippen molar-refractivity contribution in [3.63, 3.8) is 0 Å². The first-order valence-corrected chi connectivity index (χ1v) is 3.35. The maximum atomic E-state index is 11.8. The molecule has 3 nitrogen and oxygen atoms in total. The molecule has 0 saturated heterocycles. The van der Waals surface area contributed by atoms with Gasteiger partial charge in [0.15, 0.2) is 0 Å². The number of halogens is 3. The van der Waals surface area contributed by atoms with Gasteiger partial charge in [0, 0.05) is 0 Å². The van der Waals surface area contributed by atoms with Crippen LogP contribution in [0.1, 0.15) is 0 Å². The third kappa shape index (κ3) is 6.02. The maximum Gasteiger partial charge on any atom is 0.531 e. The van der Waals surface area contributed by atoms with Gasteiger partial charge in [-0.25, -0.2) is 0 Å². The van der Waals surface area contributed by atoms with Crippen molar-refractivity contribution in [1.82, 2.24) is 0 Å². The molecular weight excluding hydrogens is 174 g/mol. The summed E-state index contributed by atoms with van der Waals surface area (Å²) in [4.78, 5) is 10.0. The van der Waals surface area contributed by atoms with Gasteiger partial charge in [0.1, 0.15) is 6.54 Å². The van der Waals surface area contributed by atoms with Gasteiger partial charge in [-0.05, 0) is 0 Å². The fourth-order valence-electron chi connectivity index (χ4n) is 0.974. The number of hydrogen-bond acceptors (Lipinski definition) is 2. The molecule has 0 amide bonds. The van der Waals surface area contributed by atoms with Crippen molar-refractivity contribution in [3.8, 4) is 0 Å². The summed E-state index contributed by atoms with van der Waals surface area (Å²) in [5.74, 6) is -1.47. The Morgan fingerprint density at radius 2 is 1.83 bits per heavy atom. The van der Waals surface area contributed by atoms with Crippen molar-refractivity contribution in [2.24, 2.45) is 0 Å². The molecule has 0 aromatic rings. The van der Waals surface area contributed by atoms with Crippen LogP contribution in [0.5, 0.6) is 0 Å². The molecule has 0 fully saturated rings. The molecule has 0 aromatic carbocycles. The first-order chi connectivity index (χ1) is 5.12. The minimum absolute atomic E-state index is 0.619. The molecule has 7 heteroatoms. The van der Waals surface area contributed by atoms with Crippen molar-refractivity contribution >= 4 is 12.9 Å². The van der Waals surface area contributed by atoms with Crippen molar-refractivity contribution in [1.29, 1.82) is 0 Å². The number of carboxylic acid groups (broad SMARTS) is 1. The molecule has 0 bridgehead atoms. The van der Waals surface area contributed by atoms with Crippen LogP contribution in [0.15, 0.2) is 0 Å². The van der Waals surface area contributed by atoms with E-state index in [-0.39, 0.29) is 0 Å². The average molecular weight is 184 g/mol. The van der Waals surface area contributed by atoms with Crippen LogP contribution in [-0.2, 0) is 4.79 Å². The SMILES string of the molecule is C[N+](C)(CC(=O)[O-])C[B-](F)(F)F. The number of carboxylic acids is 1. The van der Waals surface area contributed by atoms with E-state index >= 15 is 0 Å². The lowest BCUT2D eigenvalue weighted by Crippen LogP contribution is -2.54. The van der Waals surface area contributed by atoms with Crippen LogP contribution in [0, 0.1) is 0 Å². The Labute approximate surface area is 68.4 Å². The van der Waals surface area contributed by atoms with Gasteiger partial charge in [-0.2, -0.15) is 0 Å². The first-order valence-electron chi connectivity index (χ1n) is 3.35. The van der Waals surface area contributed by atoms with Gasteiger partial charge in [0.05, 0.1) is 26.5 Å². The molecule has 0 rings (SSSR count). The van der Waals surface area contributed by atoms with Gasteiger partial charge < -0.3 is 27.3 Å². The van der Waals surface area contributed by atoms with Gasteiger partial charge in [-0.15, -0.1) is 0 Å². The molecule has 0 spiro atoms.